The number of aromatic nitrogens is 6. The Bertz CT molecular complexity index is 1040. The molecule has 8 nitrogen and oxygen atoms in total. The normalized spacial score (nSPS) is 10.7. The summed E-state index contributed by atoms with van der Waals surface area (Å²) in [4.78, 5) is 24.5. The van der Waals surface area contributed by atoms with Crippen molar-refractivity contribution in [3.63, 3.8) is 0 Å². The first kappa shape index (κ1) is 19.0. The number of rotatable bonds is 8. The molecule has 0 bridgehead atoms. The Labute approximate surface area is 176 Å². The molecule has 0 saturated carbocycles. The highest BCUT2D eigenvalue weighted by Gasteiger charge is 2.06. The minimum atomic E-state index is 0.524. The summed E-state index contributed by atoms with van der Waals surface area (Å²) in [6.45, 7) is 0.730. The molecule has 4 aromatic rings. The van der Waals surface area contributed by atoms with E-state index in [4.69, 9.17) is 0 Å². The minimum absolute atomic E-state index is 0.524. The molecule has 0 aliphatic carbocycles. The Morgan fingerprint density at radius 1 is 1.00 bits per heavy atom. The van der Waals surface area contributed by atoms with Crippen molar-refractivity contribution in [2.45, 2.75) is 12.8 Å². The number of aromatic amines is 1. The number of anilines is 3. The molecule has 9 heteroatoms. The maximum absolute atomic E-state index is 4.55. The van der Waals surface area contributed by atoms with E-state index in [9.17, 15) is 0 Å². The van der Waals surface area contributed by atoms with Gasteiger partial charge in [-0.2, -0.15) is 4.98 Å². The van der Waals surface area contributed by atoms with E-state index < -0.39 is 0 Å². The third-order valence-corrected chi connectivity index (χ3v) is 4.76. The van der Waals surface area contributed by atoms with Crippen LogP contribution in [0.1, 0.15) is 17.1 Å². The maximum atomic E-state index is 4.55. The summed E-state index contributed by atoms with van der Waals surface area (Å²) in [7, 11) is 0. The molecule has 0 amide bonds. The van der Waals surface area contributed by atoms with Crippen molar-refractivity contribution in [3.8, 4) is 0 Å². The number of nitrogens with one attached hydrogen (secondary N) is 3. The van der Waals surface area contributed by atoms with Crippen LogP contribution in [0.3, 0.4) is 0 Å². The first-order valence-corrected chi connectivity index (χ1v) is 9.91. The molecule has 0 radical (unpaired) electrons. The topological polar surface area (TPSA) is 104 Å². The summed E-state index contributed by atoms with van der Waals surface area (Å²) >= 11 is 3.49. The fraction of sp³-hybridized carbons (Fsp3) is 0.150. The summed E-state index contributed by atoms with van der Waals surface area (Å²) in [6, 6.07) is 9.89. The lowest BCUT2D eigenvalue weighted by molar-refractivity contribution is 0.962. The van der Waals surface area contributed by atoms with Gasteiger partial charge in [0.05, 0.1) is 10.8 Å². The summed E-state index contributed by atoms with van der Waals surface area (Å²) in [5.74, 6) is 2.06. The third-order valence-electron chi connectivity index (χ3n) is 4.18. The zero-order valence-corrected chi connectivity index (χ0v) is 17.1. The van der Waals surface area contributed by atoms with E-state index >= 15 is 0 Å². The summed E-state index contributed by atoms with van der Waals surface area (Å²) in [6.07, 6.45) is 10.3. The van der Waals surface area contributed by atoms with E-state index in [-0.39, 0.29) is 0 Å². The van der Waals surface area contributed by atoms with E-state index in [0.717, 1.165) is 46.0 Å². The van der Waals surface area contributed by atoms with Gasteiger partial charge in [-0.05, 0) is 39.7 Å². The highest BCUT2D eigenvalue weighted by atomic mass is 79.9. The number of hydrogen-bond donors (Lipinski definition) is 3. The van der Waals surface area contributed by atoms with Crippen LogP contribution in [0.2, 0.25) is 0 Å². The van der Waals surface area contributed by atoms with E-state index in [1.165, 1.54) is 0 Å². The van der Waals surface area contributed by atoms with Crippen molar-refractivity contribution >= 4 is 33.4 Å². The van der Waals surface area contributed by atoms with Crippen LogP contribution in [0.15, 0.2) is 65.9 Å². The van der Waals surface area contributed by atoms with Crippen molar-refractivity contribution in [2.24, 2.45) is 0 Å². The van der Waals surface area contributed by atoms with E-state index in [0.29, 0.717) is 12.4 Å². The molecule has 29 heavy (non-hydrogen) atoms. The summed E-state index contributed by atoms with van der Waals surface area (Å²) in [5, 5.41) is 6.55. The summed E-state index contributed by atoms with van der Waals surface area (Å²) in [5.41, 5.74) is 3.12. The molecule has 0 unspecified atom stereocenters. The molecule has 0 atom stereocenters. The first-order chi connectivity index (χ1) is 14.3. The van der Waals surface area contributed by atoms with Gasteiger partial charge >= 0.3 is 0 Å². The average Bonchev–Trinajstić information content (AvgIpc) is 3.26. The molecular weight excluding hydrogens is 432 g/mol. The first-order valence-electron chi connectivity index (χ1n) is 9.12. The predicted molar refractivity (Wildman–Crippen MR) is 115 cm³/mol. The molecule has 0 aliphatic rings. The van der Waals surface area contributed by atoms with Gasteiger partial charge in [-0.3, -0.25) is 0 Å². The van der Waals surface area contributed by atoms with Crippen LogP contribution in [0, 0.1) is 0 Å². The van der Waals surface area contributed by atoms with Crippen LogP contribution in [-0.4, -0.2) is 36.4 Å². The molecule has 1 aromatic carbocycles. The zero-order chi connectivity index (χ0) is 19.9. The lowest BCUT2D eigenvalue weighted by Crippen LogP contribution is -2.09. The smallest absolute Gasteiger partial charge is 0.229 e. The van der Waals surface area contributed by atoms with Crippen LogP contribution >= 0.6 is 15.9 Å². The molecule has 0 spiro atoms. The second-order valence-electron chi connectivity index (χ2n) is 6.31. The van der Waals surface area contributed by atoms with Gasteiger partial charge < -0.3 is 15.6 Å². The van der Waals surface area contributed by atoms with Gasteiger partial charge in [0.2, 0.25) is 5.95 Å². The molecule has 146 valence electrons. The minimum Gasteiger partial charge on any atom is -0.369 e. The van der Waals surface area contributed by atoms with Gasteiger partial charge in [0.15, 0.2) is 0 Å². The highest BCUT2D eigenvalue weighted by molar-refractivity contribution is 9.10. The largest absolute Gasteiger partial charge is 0.369 e. The van der Waals surface area contributed by atoms with Gasteiger partial charge in [0, 0.05) is 55.6 Å². The Kier molecular flexibility index (Phi) is 6.06. The average molecular weight is 451 g/mol. The second kappa shape index (κ2) is 9.24. The molecule has 3 N–H and O–H groups in total. The van der Waals surface area contributed by atoms with Crippen LogP contribution in [0.5, 0.6) is 0 Å². The summed E-state index contributed by atoms with van der Waals surface area (Å²) < 4.78 is 0.811. The van der Waals surface area contributed by atoms with Crippen LogP contribution in [0.4, 0.5) is 17.5 Å². The number of halogens is 1. The van der Waals surface area contributed by atoms with Gasteiger partial charge in [-0.1, -0.05) is 12.1 Å². The van der Waals surface area contributed by atoms with Crippen molar-refractivity contribution in [2.75, 3.05) is 17.2 Å². The van der Waals surface area contributed by atoms with Gasteiger partial charge in [0.1, 0.15) is 11.6 Å². The Morgan fingerprint density at radius 3 is 2.59 bits per heavy atom. The lowest BCUT2D eigenvalue weighted by atomic mass is 10.1. The molecule has 0 fully saturated rings. The molecule has 3 aromatic heterocycles. The van der Waals surface area contributed by atoms with Crippen molar-refractivity contribution in [1.29, 1.82) is 0 Å². The molecular formula is C20H19BrN8. The highest BCUT2D eigenvalue weighted by Crippen LogP contribution is 2.22. The fourth-order valence-corrected chi connectivity index (χ4v) is 3.06. The molecule has 0 aliphatic heterocycles. The monoisotopic (exact) mass is 450 g/mol. The second-order valence-corrected chi connectivity index (χ2v) is 7.16. The Hall–Kier alpha value is -3.33. The van der Waals surface area contributed by atoms with Gasteiger partial charge in [0.25, 0.3) is 0 Å². The van der Waals surface area contributed by atoms with E-state index in [1.54, 1.807) is 24.9 Å². The number of benzene rings is 1. The Morgan fingerprint density at radius 2 is 1.83 bits per heavy atom. The molecule has 3 heterocycles. The quantitative estimate of drug-likeness (QED) is 0.375. The van der Waals surface area contributed by atoms with E-state index in [2.05, 4.69) is 56.5 Å². The van der Waals surface area contributed by atoms with Crippen LogP contribution < -0.4 is 10.6 Å². The number of hydrogen-bond acceptors (Lipinski definition) is 7. The molecule has 4 rings (SSSR count). The van der Waals surface area contributed by atoms with Gasteiger partial charge in [-0.25, -0.2) is 19.9 Å². The molecule has 0 saturated heterocycles. The maximum Gasteiger partial charge on any atom is 0.229 e. The standard InChI is InChI=1S/C20H19BrN8/c21-17-12-26-20(29-19(17)25-9-6-16-11-22-13-27-16)28-15-4-2-14(3-5-15)10-18-23-7-1-8-24-18/h1-5,7-8,11-13H,6,9-10H2,(H,22,27)(H2,25,26,28,29). The fourth-order valence-electron chi connectivity index (χ4n) is 2.73. The van der Waals surface area contributed by atoms with Crippen LogP contribution in [0.25, 0.3) is 0 Å². The Balaban J connectivity index is 1.37. The SMILES string of the molecule is Brc1cnc(Nc2ccc(Cc3ncccn3)cc2)nc1NCCc1cnc[nH]1. The van der Waals surface area contributed by atoms with E-state index in [1.807, 2.05) is 36.5 Å². The number of H-pyrrole nitrogens is 1. The van der Waals surface area contributed by atoms with Gasteiger partial charge in [-0.15, -0.1) is 0 Å². The number of imidazole rings is 1. The predicted octanol–water partition coefficient (Wildman–Crippen LogP) is 3.74. The lowest BCUT2D eigenvalue weighted by Gasteiger charge is -2.10. The number of nitrogens with zero attached hydrogens (tertiary/aromatic N) is 5. The van der Waals surface area contributed by atoms with Crippen molar-refractivity contribution < 1.29 is 0 Å². The van der Waals surface area contributed by atoms with Crippen LogP contribution in [-0.2, 0) is 12.8 Å². The zero-order valence-electron chi connectivity index (χ0n) is 15.5. The van der Waals surface area contributed by atoms with Crippen molar-refractivity contribution in [3.05, 3.63) is 83.0 Å². The third kappa shape index (κ3) is 5.35. The van der Waals surface area contributed by atoms with Crippen molar-refractivity contribution in [1.82, 2.24) is 29.9 Å².